The second-order valence-corrected chi connectivity index (χ2v) is 5.94. The van der Waals surface area contributed by atoms with Crippen molar-refractivity contribution in [1.82, 2.24) is 14.7 Å². The van der Waals surface area contributed by atoms with Crippen LogP contribution >= 0.6 is 11.6 Å². The summed E-state index contributed by atoms with van der Waals surface area (Å²) in [5.74, 6) is 0. The Balaban J connectivity index is 2.31. The second kappa shape index (κ2) is 5.57. The van der Waals surface area contributed by atoms with E-state index in [1.54, 1.807) is 0 Å². The fourth-order valence-corrected chi connectivity index (χ4v) is 2.82. The van der Waals surface area contributed by atoms with E-state index in [1.165, 1.54) is 18.6 Å². The number of nitro groups is 1. The van der Waals surface area contributed by atoms with E-state index in [0.29, 0.717) is 5.69 Å². The van der Waals surface area contributed by atoms with E-state index in [0.717, 1.165) is 12.1 Å². The number of hydrogen-bond donors (Lipinski definition) is 2. The van der Waals surface area contributed by atoms with Gasteiger partial charge in [-0.05, 0) is 12.1 Å². The van der Waals surface area contributed by atoms with Crippen molar-refractivity contribution in [3.8, 4) is 0 Å². The number of imidazole rings is 1. The molecular weight excluding hydrogens is 308 g/mol. The first kappa shape index (κ1) is 14.4. The van der Waals surface area contributed by atoms with Gasteiger partial charge in [0.25, 0.3) is 5.69 Å². The minimum Gasteiger partial charge on any atom is -0.347 e. The molecule has 0 amide bonds. The van der Waals surface area contributed by atoms with Crippen LogP contribution in [0.5, 0.6) is 0 Å². The van der Waals surface area contributed by atoms with E-state index in [4.69, 9.17) is 11.6 Å². The van der Waals surface area contributed by atoms with Gasteiger partial charge in [-0.3, -0.25) is 10.1 Å². The van der Waals surface area contributed by atoms with Gasteiger partial charge < -0.3 is 4.98 Å². The van der Waals surface area contributed by atoms with Crippen LogP contribution in [0.3, 0.4) is 0 Å². The number of aromatic amines is 1. The van der Waals surface area contributed by atoms with Crippen LogP contribution < -0.4 is 4.72 Å². The first-order valence-corrected chi connectivity index (χ1v) is 7.17. The van der Waals surface area contributed by atoms with Crippen molar-refractivity contribution >= 4 is 27.3 Å². The number of halogens is 1. The Hall–Kier alpha value is -1.97. The van der Waals surface area contributed by atoms with Crippen molar-refractivity contribution in [3.63, 3.8) is 0 Å². The average Bonchev–Trinajstić information content (AvgIpc) is 2.89. The van der Waals surface area contributed by atoms with Gasteiger partial charge in [-0.1, -0.05) is 11.6 Å². The average molecular weight is 317 g/mol. The van der Waals surface area contributed by atoms with Gasteiger partial charge in [-0.2, -0.15) is 0 Å². The van der Waals surface area contributed by atoms with Crippen molar-refractivity contribution < 1.29 is 13.3 Å². The summed E-state index contributed by atoms with van der Waals surface area (Å²) in [6.45, 7) is -0.0535. The molecule has 0 aliphatic heterocycles. The van der Waals surface area contributed by atoms with E-state index in [9.17, 15) is 18.5 Å². The number of aromatic nitrogens is 2. The second-order valence-electron chi connectivity index (χ2n) is 3.77. The zero-order valence-corrected chi connectivity index (χ0v) is 11.5. The Morgan fingerprint density at radius 1 is 1.45 bits per heavy atom. The highest BCUT2D eigenvalue weighted by Crippen LogP contribution is 2.27. The van der Waals surface area contributed by atoms with Crippen LogP contribution in [-0.2, 0) is 16.6 Å². The third-order valence-corrected chi connectivity index (χ3v) is 4.10. The maximum Gasteiger partial charge on any atom is 0.290 e. The largest absolute Gasteiger partial charge is 0.347 e. The zero-order chi connectivity index (χ0) is 14.8. The summed E-state index contributed by atoms with van der Waals surface area (Å²) in [6, 6.07) is 3.36. The topological polar surface area (TPSA) is 118 Å². The standard InChI is InChI=1S/C10H9ClN4O4S/c11-7-1-2-10(9(3-7)15(16)17)20(18,19)14-5-8-4-12-6-13-8/h1-4,6,14H,5H2,(H,12,13). The van der Waals surface area contributed by atoms with Crippen LogP contribution in [0.4, 0.5) is 5.69 Å². The minimum atomic E-state index is -4.03. The van der Waals surface area contributed by atoms with Gasteiger partial charge >= 0.3 is 0 Å². The van der Waals surface area contributed by atoms with Gasteiger partial charge in [0.05, 0.1) is 17.8 Å². The monoisotopic (exact) mass is 316 g/mol. The normalized spacial score (nSPS) is 11.4. The van der Waals surface area contributed by atoms with Gasteiger partial charge in [0.15, 0.2) is 4.90 Å². The summed E-state index contributed by atoms with van der Waals surface area (Å²) in [5.41, 5.74) is -0.0418. The Kier molecular flexibility index (Phi) is 4.02. The predicted molar refractivity (Wildman–Crippen MR) is 70.7 cm³/mol. The molecule has 2 aromatic rings. The smallest absolute Gasteiger partial charge is 0.290 e. The number of nitrogens with one attached hydrogen (secondary N) is 2. The molecule has 106 valence electrons. The first-order chi connectivity index (χ1) is 9.40. The minimum absolute atomic E-state index is 0.0535. The summed E-state index contributed by atoms with van der Waals surface area (Å²) in [4.78, 5) is 16.1. The molecule has 8 nitrogen and oxygen atoms in total. The molecule has 2 rings (SSSR count). The highest BCUT2D eigenvalue weighted by molar-refractivity contribution is 7.89. The van der Waals surface area contributed by atoms with E-state index in [-0.39, 0.29) is 11.6 Å². The van der Waals surface area contributed by atoms with Gasteiger partial charge in [-0.15, -0.1) is 0 Å². The molecule has 0 saturated carbocycles. The molecule has 0 bridgehead atoms. The fourth-order valence-electron chi connectivity index (χ4n) is 1.49. The van der Waals surface area contributed by atoms with Crippen molar-refractivity contribution in [2.45, 2.75) is 11.4 Å². The summed E-state index contributed by atoms with van der Waals surface area (Å²) >= 11 is 5.64. The summed E-state index contributed by atoms with van der Waals surface area (Å²) < 4.78 is 26.4. The van der Waals surface area contributed by atoms with Crippen LogP contribution in [0.25, 0.3) is 0 Å². The molecule has 0 aliphatic carbocycles. The van der Waals surface area contributed by atoms with E-state index in [1.807, 2.05) is 0 Å². The number of hydrogen-bond acceptors (Lipinski definition) is 5. The zero-order valence-electron chi connectivity index (χ0n) is 9.91. The lowest BCUT2D eigenvalue weighted by Crippen LogP contribution is -2.24. The molecule has 0 atom stereocenters. The van der Waals surface area contributed by atoms with Crippen molar-refractivity contribution in [1.29, 1.82) is 0 Å². The molecule has 1 aromatic carbocycles. The fraction of sp³-hybridized carbons (Fsp3) is 0.100. The third kappa shape index (κ3) is 3.13. The lowest BCUT2D eigenvalue weighted by molar-refractivity contribution is -0.387. The number of nitrogens with zero attached hydrogens (tertiary/aromatic N) is 2. The van der Waals surface area contributed by atoms with Crippen LogP contribution in [0.2, 0.25) is 5.02 Å². The number of nitro benzene ring substituents is 1. The molecule has 0 fully saturated rings. The molecule has 10 heteroatoms. The molecule has 1 heterocycles. The predicted octanol–water partition coefficient (Wildman–Crippen LogP) is 1.45. The number of benzene rings is 1. The van der Waals surface area contributed by atoms with Crippen molar-refractivity contribution in [3.05, 3.63) is 51.6 Å². The van der Waals surface area contributed by atoms with E-state index < -0.39 is 25.5 Å². The third-order valence-electron chi connectivity index (χ3n) is 2.41. The molecule has 2 N–H and O–H groups in total. The van der Waals surface area contributed by atoms with Gasteiger partial charge in [0, 0.05) is 23.0 Å². The Bertz CT molecular complexity index is 730. The number of rotatable bonds is 5. The van der Waals surface area contributed by atoms with E-state index in [2.05, 4.69) is 14.7 Å². The highest BCUT2D eigenvalue weighted by Gasteiger charge is 2.25. The molecule has 0 aliphatic rings. The number of sulfonamides is 1. The molecule has 20 heavy (non-hydrogen) atoms. The molecular formula is C10H9ClN4O4S. The SMILES string of the molecule is O=[N+]([O-])c1cc(Cl)ccc1S(=O)(=O)NCc1cnc[nH]1. The van der Waals surface area contributed by atoms with Crippen LogP contribution in [0.1, 0.15) is 5.69 Å². The molecule has 0 unspecified atom stereocenters. The molecule has 1 aromatic heterocycles. The highest BCUT2D eigenvalue weighted by atomic mass is 35.5. The van der Waals surface area contributed by atoms with Crippen molar-refractivity contribution in [2.24, 2.45) is 0 Å². The Morgan fingerprint density at radius 3 is 2.80 bits per heavy atom. The lowest BCUT2D eigenvalue weighted by Gasteiger charge is -2.06. The maximum absolute atomic E-state index is 12.1. The van der Waals surface area contributed by atoms with Crippen LogP contribution in [-0.4, -0.2) is 23.3 Å². The van der Waals surface area contributed by atoms with Gasteiger partial charge in [0.1, 0.15) is 0 Å². The molecule has 0 spiro atoms. The quantitative estimate of drug-likeness (QED) is 0.639. The van der Waals surface area contributed by atoms with Crippen molar-refractivity contribution in [2.75, 3.05) is 0 Å². The summed E-state index contributed by atoms with van der Waals surface area (Å²) in [6.07, 6.45) is 2.84. The van der Waals surface area contributed by atoms with Crippen LogP contribution in [0.15, 0.2) is 35.6 Å². The maximum atomic E-state index is 12.1. The summed E-state index contributed by atoms with van der Waals surface area (Å²) in [5, 5.41) is 11.0. The van der Waals surface area contributed by atoms with Gasteiger partial charge in [-0.25, -0.2) is 18.1 Å². The lowest BCUT2D eigenvalue weighted by atomic mass is 10.3. The molecule has 0 saturated heterocycles. The Morgan fingerprint density at radius 2 is 2.20 bits per heavy atom. The van der Waals surface area contributed by atoms with Gasteiger partial charge in [0.2, 0.25) is 10.0 Å². The Labute approximate surface area is 119 Å². The molecule has 0 radical (unpaired) electrons. The summed E-state index contributed by atoms with van der Waals surface area (Å²) in [7, 11) is -4.03. The van der Waals surface area contributed by atoms with E-state index >= 15 is 0 Å². The number of H-pyrrole nitrogens is 1. The van der Waals surface area contributed by atoms with Crippen LogP contribution in [0, 0.1) is 10.1 Å². The first-order valence-electron chi connectivity index (χ1n) is 5.31.